The van der Waals surface area contributed by atoms with Crippen LogP contribution in [-0.4, -0.2) is 18.0 Å². The zero-order valence-corrected chi connectivity index (χ0v) is 12.1. The predicted molar refractivity (Wildman–Crippen MR) is 52.3 cm³/mol. The van der Waals surface area contributed by atoms with Crippen LogP contribution in [0.15, 0.2) is 0 Å². The van der Waals surface area contributed by atoms with Gasteiger partial charge in [-0.05, 0) is 31.8 Å². The predicted octanol–water partition coefficient (Wildman–Crippen LogP) is -0.703. The van der Waals surface area contributed by atoms with E-state index in [1.165, 1.54) is 12.8 Å². The molecule has 2 heteroatoms. The maximum atomic E-state index is 3.93. The average Bonchev–Trinajstić information content (AvgIpc) is 2.09. The van der Waals surface area contributed by atoms with Crippen LogP contribution >= 0.6 is 0 Å². The Bertz CT molecular complexity index is 172. The molecule has 0 saturated carbocycles. The number of hydrogen-bond donors (Lipinski definition) is 0. The molecular weight excluding hydrogens is 185 g/mol. The van der Waals surface area contributed by atoms with Crippen molar-refractivity contribution in [1.29, 1.82) is 0 Å². The minimum Gasteiger partial charge on any atom is -0.459 e. The van der Waals surface area contributed by atoms with Crippen molar-refractivity contribution in [2.75, 3.05) is 13.1 Å². The SMILES string of the molecule is [CH2-]N1CCC(CC#CCC)CC1.[K+]. The minimum absolute atomic E-state index is 0. The summed E-state index contributed by atoms with van der Waals surface area (Å²) in [6.45, 7) is 4.41. The van der Waals surface area contributed by atoms with Crippen molar-refractivity contribution in [2.45, 2.75) is 32.6 Å². The summed E-state index contributed by atoms with van der Waals surface area (Å²) >= 11 is 0. The average molecular weight is 203 g/mol. The Morgan fingerprint density at radius 1 is 1.31 bits per heavy atom. The fraction of sp³-hybridized carbons (Fsp3) is 0.727. The Balaban J connectivity index is 0.00000144. The third-order valence-electron chi connectivity index (χ3n) is 2.40. The third-order valence-corrected chi connectivity index (χ3v) is 2.40. The number of likely N-dealkylation sites (tertiary alicyclic amines) is 1. The van der Waals surface area contributed by atoms with E-state index >= 15 is 0 Å². The summed E-state index contributed by atoms with van der Waals surface area (Å²) in [6, 6.07) is 0. The number of nitrogens with zero attached hydrogens (tertiary/aromatic N) is 1. The van der Waals surface area contributed by atoms with Crippen LogP contribution in [0.25, 0.3) is 0 Å². The van der Waals surface area contributed by atoms with E-state index < -0.39 is 0 Å². The molecule has 68 valence electrons. The van der Waals surface area contributed by atoms with E-state index in [0.29, 0.717) is 0 Å². The topological polar surface area (TPSA) is 3.24 Å². The fourth-order valence-electron chi connectivity index (χ4n) is 1.53. The van der Waals surface area contributed by atoms with Gasteiger partial charge in [0.25, 0.3) is 0 Å². The van der Waals surface area contributed by atoms with Crippen LogP contribution in [-0.2, 0) is 0 Å². The monoisotopic (exact) mass is 203 g/mol. The molecular formula is C11H18KN. The third kappa shape index (κ3) is 6.27. The molecule has 13 heavy (non-hydrogen) atoms. The molecule has 0 radical (unpaired) electrons. The van der Waals surface area contributed by atoms with Gasteiger partial charge >= 0.3 is 51.4 Å². The summed E-state index contributed by atoms with van der Waals surface area (Å²) in [6.07, 6.45) is 4.65. The fourth-order valence-corrected chi connectivity index (χ4v) is 1.53. The van der Waals surface area contributed by atoms with Gasteiger partial charge < -0.3 is 4.90 Å². The van der Waals surface area contributed by atoms with Crippen LogP contribution in [0.2, 0.25) is 0 Å². The van der Waals surface area contributed by atoms with E-state index in [1.54, 1.807) is 0 Å². The summed E-state index contributed by atoms with van der Waals surface area (Å²) in [5.74, 6) is 7.19. The van der Waals surface area contributed by atoms with E-state index in [-0.39, 0.29) is 51.4 Å². The summed E-state index contributed by atoms with van der Waals surface area (Å²) in [5, 5.41) is 0. The number of piperidine rings is 1. The molecule has 1 saturated heterocycles. The van der Waals surface area contributed by atoms with Crippen LogP contribution in [0.1, 0.15) is 32.6 Å². The molecule has 0 bridgehead atoms. The summed E-state index contributed by atoms with van der Waals surface area (Å²) in [7, 11) is 3.93. The van der Waals surface area contributed by atoms with Crippen LogP contribution < -0.4 is 51.4 Å². The molecule has 1 rings (SSSR count). The van der Waals surface area contributed by atoms with Crippen molar-refractivity contribution in [3.05, 3.63) is 7.05 Å². The minimum atomic E-state index is 0. The second-order valence-electron chi connectivity index (χ2n) is 3.47. The van der Waals surface area contributed by atoms with Gasteiger partial charge in [-0.1, -0.05) is 6.92 Å². The molecule has 0 amide bonds. The smallest absolute Gasteiger partial charge is 0.459 e. The molecule has 1 nitrogen and oxygen atoms in total. The summed E-state index contributed by atoms with van der Waals surface area (Å²) in [5.41, 5.74) is 0. The van der Waals surface area contributed by atoms with Crippen molar-refractivity contribution in [3.8, 4) is 11.8 Å². The van der Waals surface area contributed by atoms with Gasteiger partial charge in [-0.25, -0.2) is 0 Å². The van der Waals surface area contributed by atoms with E-state index in [9.17, 15) is 0 Å². The second-order valence-corrected chi connectivity index (χ2v) is 3.47. The molecule has 1 heterocycles. The molecule has 0 aromatic carbocycles. The molecule has 0 atom stereocenters. The van der Waals surface area contributed by atoms with Gasteiger partial charge in [0.2, 0.25) is 0 Å². The Kier molecular flexibility index (Phi) is 9.22. The maximum Gasteiger partial charge on any atom is 1.00 e. The quantitative estimate of drug-likeness (QED) is 0.309. The maximum absolute atomic E-state index is 3.93. The first-order chi connectivity index (χ1) is 5.83. The van der Waals surface area contributed by atoms with Crippen LogP contribution in [0, 0.1) is 24.8 Å². The van der Waals surface area contributed by atoms with Gasteiger partial charge in [-0.15, -0.1) is 11.8 Å². The summed E-state index contributed by atoms with van der Waals surface area (Å²) in [4.78, 5) is 2.16. The van der Waals surface area contributed by atoms with Crippen LogP contribution in [0.3, 0.4) is 0 Å². The van der Waals surface area contributed by atoms with Crippen molar-refractivity contribution >= 4 is 0 Å². The number of rotatable bonds is 1. The molecule has 0 spiro atoms. The first-order valence-corrected chi connectivity index (χ1v) is 4.84. The molecule has 0 N–H and O–H groups in total. The van der Waals surface area contributed by atoms with Crippen LogP contribution in [0.5, 0.6) is 0 Å². The van der Waals surface area contributed by atoms with E-state index in [2.05, 4.69) is 30.7 Å². The zero-order chi connectivity index (χ0) is 8.81. The van der Waals surface area contributed by atoms with Crippen molar-refractivity contribution < 1.29 is 51.4 Å². The van der Waals surface area contributed by atoms with E-state index in [0.717, 1.165) is 31.8 Å². The van der Waals surface area contributed by atoms with Crippen LogP contribution in [0.4, 0.5) is 0 Å². The standard InChI is InChI=1S/C11H18N.K/c1-3-4-5-6-11-7-9-12(2)10-8-11;/h11H,2-3,6-10H2,1H3;/q-1;+1. The largest absolute Gasteiger partial charge is 1.00 e. The van der Waals surface area contributed by atoms with E-state index in [1.807, 2.05) is 0 Å². The molecule has 1 aliphatic heterocycles. The number of hydrogen-bond acceptors (Lipinski definition) is 1. The first kappa shape index (κ1) is 14.2. The van der Waals surface area contributed by atoms with Crippen molar-refractivity contribution in [1.82, 2.24) is 4.90 Å². The van der Waals surface area contributed by atoms with Gasteiger partial charge in [-0.3, -0.25) is 7.05 Å². The first-order valence-electron chi connectivity index (χ1n) is 4.84. The summed E-state index contributed by atoms with van der Waals surface area (Å²) < 4.78 is 0. The Hall–Kier alpha value is 1.16. The van der Waals surface area contributed by atoms with Gasteiger partial charge in [0.1, 0.15) is 0 Å². The Labute approximate surface area is 125 Å². The Morgan fingerprint density at radius 2 is 1.92 bits per heavy atom. The molecule has 1 fully saturated rings. The zero-order valence-electron chi connectivity index (χ0n) is 8.97. The van der Waals surface area contributed by atoms with Crippen molar-refractivity contribution in [3.63, 3.8) is 0 Å². The van der Waals surface area contributed by atoms with Gasteiger partial charge in [0.05, 0.1) is 0 Å². The Morgan fingerprint density at radius 3 is 2.46 bits per heavy atom. The molecule has 1 aliphatic rings. The normalized spacial score (nSPS) is 18.6. The molecule has 0 aromatic rings. The van der Waals surface area contributed by atoms with Gasteiger partial charge in [-0.2, -0.15) is 0 Å². The molecule has 0 unspecified atom stereocenters. The van der Waals surface area contributed by atoms with E-state index in [4.69, 9.17) is 0 Å². The molecule has 0 aromatic heterocycles. The van der Waals surface area contributed by atoms with Crippen molar-refractivity contribution in [2.24, 2.45) is 5.92 Å². The second kappa shape index (κ2) is 8.46. The molecule has 0 aliphatic carbocycles. The van der Waals surface area contributed by atoms with Gasteiger partial charge in [0.15, 0.2) is 0 Å². The van der Waals surface area contributed by atoms with Gasteiger partial charge in [0, 0.05) is 12.8 Å².